The Balaban J connectivity index is 1.69. The number of nitrogens with zero attached hydrogens (tertiary/aromatic N) is 1. The molecular weight excluding hydrogens is 310 g/mol. The van der Waals surface area contributed by atoms with Crippen molar-refractivity contribution in [2.45, 2.75) is 13.0 Å². The van der Waals surface area contributed by atoms with Gasteiger partial charge in [0.15, 0.2) is 6.10 Å². The van der Waals surface area contributed by atoms with Crippen LogP contribution in [-0.2, 0) is 4.79 Å². The highest BCUT2D eigenvalue weighted by Crippen LogP contribution is 2.17. The van der Waals surface area contributed by atoms with Crippen LogP contribution in [0.2, 0.25) is 0 Å². The van der Waals surface area contributed by atoms with Gasteiger partial charge < -0.3 is 20.5 Å². The summed E-state index contributed by atoms with van der Waals surface area (Å²) in [6, 6.07) is 11.2. The van der Waals surface area contributed by atoms with Gasteiger partial charge in [0.2, 0.25) is 0 Å². The van der Waals surface area contributed by atoms with Crippen LogP contribution in [0, 0.1) is 0 Å². The fourth-order valence-corrected chi connectivity index (χ4v) is 1.88. The van der Waals surface area contributed by atoms with Crippen molar-refractivity contribution in [3.05, 3.63) is 54.4 Å². The lowest BCUT2D eigenvalue weighted by molar-refractivity contribution is -0.127. The van der Waals surface area contributed by atoms with E-state index in [1.165, 1.54) is 12.1 Å². The number of aromatic hydroxyl groups is 1. The minimum absolute atomic E-state index is 0.128. The standard InChI is InChI=1S/C17H19N3O4/c1-12(24-14-7-5-13(21)6-8-14)16(22)19-10-11-20-17(23)15-4-2-3-9-18-15/h2-9,12,21H,10-11H2,1H3,(H,19,22)(H,20,23). The summed E-state index contributed by atoms with van der Waals surface area (Å²) < 4.78 is 5.46. The zero-order valence-corrected chi connectivity index (χ0v) is 13.2. The molecule has 0 aliphatic heterocycles. The largest absolute Gasteiger partial charge is 0.508 e. The summed E-state index contributed by atoms with van der Waals surface area (Å²) in [4.78, 5) is 27.6. The van der Waals surface area contributed by atoms with E-state index >= 15 is 0 Å². The molecule has 0 bridgehead atoms. The van der Waals surface area contributed by atoms with Crippen molar-refractivity contribution < 1.29 is 19.4 Å². The van der Waals surface area contributed by atoms with Gasteiger partial charge in [-0.3, -0.25) is 14.6 Å². The second-order valence-corrected chi connectivity index (χ2v) is 5.02. The van der Waals surface area contributed by atoms with Crippen molar-refractivity contribution in [3.63, 3.8) is 0 Å². The predicted molar refractivity (Wildman–Crippen MR) is 87.8 cm³/mol. The van der Waals surface area contributed by atoms with Crippen molar-refractivity contribution in [3.8, 4) is 11.5 Å². The molecule has 0 saturated carbocycles. The van der Waals surface area contributed by atoms with E-state index < -0.39 is 6.10 Å². The summed E-state index contributed by atoms with van der Waals surface area (Å²) >= 11 is 0. The van der Waals surface area contributed by atoms with E-state index in [1.54, 1.807) is 43.5 Å². The lowest BCUT2D eigenvalue weighted by Gasteiger charge is -2.15. The molecule has 126 valence electrons. The van der Waals surface area contributed by atoms with Crippen molar-refractivity contribution in [2.75, 3.05) is 13.1 Å². The molecule has 1 atom stereocenters. The first-order valence-corrected chi connectivity index (χ1v) is 7.49. The minimum atomic E-state index is -0.693. The molecule has 2 rings (SSSR count). The molecule has 0 radical (unpaired) electrons. The van der Waals surface area contributed by atoms with Crippen LogP contribution in [0.5, 0.6) is 11.5 Å². The number of hydrogen-bond acceptors (Lipinski definition) is 5. The summed E-state index contributed by atoms with van der Waals surface area (Å²) in [5.74, 6) is 0.0235. The maximum Gasteiger partial charge on any atom is 0.269 e. The van der Waals surface area contributed by atoms with Crippen molar-refractivity contribution in [2.24, 2.45) is 0 Å². The van der Waals surface area contributed by atoms with Gasteiger partial charge >= 0.3 is 0 Å². The molecule has 7 heteroatoms. The Morgan fingerprint density at radius 2 is 1.83 bits per heavy atom. The van der Waals surface area contributed by atoms with Crippen molar-refractivity contribution in [1.82, 2.24) is 15.6 Å². The number of carbonyl (C=O) groups is 2. The van der Waals surface area contributed by atoms with E-state index in [2.05, 4.69) is 15.6 Å². The number of aromatic nitrogens is 1. The third-order valence-corrected chi connectivity index (χ3v) is 3.13. The highest BCUT2D eigenvalue weighted by Gasteiger charge is 2.14. The number of benzene rings is 1. The molecule has 24 heavy (non-hydrogen) atoms. The molecule has 0 saturated heterocycles. The Hall–Kier alpha value is -3.09. The number of rotatable bonds is 7. The van der Waals surface area contributed by atoms with Gasteiger partial charge in [-0.1, -0.05) is 6.07 Å². The van der Waals surface area contributed by atoms with E-state index in [0.29, 0.717) is 11.4 Å². The van der Waals surface area contributed by atoms with Crippen LogP contribution in [0.25, 0.3) is 0 Å². The highest BCUT2D eigenvalue weighted by molar-refractivity contribution is 5.92. The zero-order valence-electron chi connectivity index (χ0n) is 13.2. The van der Waals surface area contributed by atoms with Gasteiger partial charge in [0.25, 0.3) is 11.8 Å². The van der Waals surface area contributed by atoms with Gasteiger partial charge in [0.1, 0.15) is 17.2 Å². The average molecular weight is 329 g/mol. The van der Waals surface area contributed by atoms with Gasteiger partial charge in [0.05, 0.1) is 0 Å². The molecule has 2 amide bonds. The first kappa shape index (κ1) is 17.3. The highest BCUT2D eigenvalue weighted by atomic mass is 16.5. The molecule has 0 aliphatic carbocycles. The summed E-state index contributed by atoms with van der Waals surface area (Å²) in [6.45, 7) is 2.18. The lowest BCUT2D eigenvalue weighted by atomic mass is 10.3. The van der Waals surface area contributed by atoms with Crippen LogP contribution >= 0.6 is 0 Å². The first-order chi connectivity index (χ1) is 11.6. The normalized spacial score (nSPS) is 11.4. The number of phenolic OH excluding ortho intramolecular Hbond substituents is 1. The Morgan fingerprint density at radius 3 is 2.50 bits per heavy atom. The number of carbonyl (C=O) groups excluding carboxylic acids is 2. The molecular formula is C17H19N3O4. The molecule has 1 unspecified atom stereocenters. The van der Waals surface area contributed by atoms with Gasteiger partial charge in [-0.15, -0.1) is 0 Å². The second kappa shape index (κ2) is 8.52. The number of phenols is 1. The van der Waals surface area contributed by atoms with Crippen LogP contribution < -0.4 is 15.4 Å². The SMILES string of the molecule is CC(Oc1ccc(O)cc1)C(=O)NCCNC(=O)c1ccccn1. The predicted octanol–water partition coefficient (Wildman–Crippen LogP) is 1.10. The van der Waals surface area contributed by atoms with Crippen LogP contribution in [0.4, 0.5) is 0 Å². The molecule has 0 aliphatic rings. The van der Waals surface area contributed by atoms with Gasteiger partial charge in [-0.2, -0.15) is 0 Å². The molecule has 7 nitrogen and oxygen atoms in total. The topological polar surface area (TPSA) is 101 Å². The van der Waals surface area contributed by atoms with Crippen LogP contribution in [0.15, 0.2) is 48.7 Å². The molecule has 0 fully saturated rings. The van der Waals surface area contributed by atoms with E-state index in [0.717, 1.165) is 0 Å². The van der Waals surface area contributed by atoms with E-state index in [-0.39, 0.29) is 30.7 Å². The minimum Gasteiger partial charge on any atom is -0.508 e. The van der Waals surface area contributed by atoms with Crippen molar-refractivity contribution >= 4 is 11.8 Å². The van der Waals surface area contributed by atoms with E-state index in [1.807, 2.05) is 0 Å². The number of ether oxygens (including phenoxy) is 1. The summed E-state index contributed by atoms with van der Waals surface area (Å²) in [6.07, 6.45) is 0.847. The van der Waals surface area contributed by atoms with Gasteiger partial charge in [0, 0.05) is 19.3 Å². The van der Waals surface area contributed by atoms with Crippen LogP contribution in [0.3, 0.4) is 0 Å². The fourth-order valence-electron chi connectivity index (χ4n) is 1.88. The van der Waals surface area contributed by atoms with Gasteiger partial charge in [-0.05, 0) is 43.3 Å². The monoisotopic (exact) mass is 329 g/mol. The Labute approximate surface area is 139 Å². The fraction of sp³-hybridized carbons (Fsp3) is 0.235. The summed E-state index contributed by atoms with van der Waals surface area (Å²) in [5.41, 5.74) is 0.327. The Kier molecular flexibility index (Phi) is 6.13. The number of amides is 2. The Morgan fingerprint density at radius 1 is 1.12 bits per heavy atom. The third-order valence-electron chi connectivity index (χ3n) is 3.13. The zero-order chi connectivity index (χ0) is 17.4. The quantitative estimate of drug-likeness (QED) is 0.661. The first-order valence-electron chi connectivity index (χ1n) is 7.49. The number of pyridine rings is 1. The third kappa shape index (κ3) is 5.28. The molecule has 1 aromatic heterocycles. The van der Waals surface area contributed by atoms with Crippen LogP contribution in [0.1, 0.15) is 17.4 Å². The molecule has 3 N–H and O–H groups in total. The van der Waals surface area contributed by atoms with Gasteiger partial charge in [-0.25, -0.2) is 0 Å². The van der Waals surface area contributed by atoms with Crippen LogP contribution in [-0.4, -0.2) is 41.1 Å². The summed E-state index contributed by atoms with van der Waals surface area (Å²) in [7, 11) is 0. The van der Waals surface area contributed by atoms with E-state index in [9.17, 15) is 14.7 Å². The smallest absolute Gasteiger partial charge is 0.269 e. The molecule has 1 aromatic carbocycles. The molecule has 1 heterocycles. The Bertz CT molecular complexity index is 674. The number of hydrogen-bond donors (Lipinski definition) is 3. The summed E-state index contributed by atoms with van der Waals surface area (Å²) in [5, 5.41) is 14.5. The van der Waals surface area contributed by atoms with Crippen molar-refractivity contribution in [1.29, 1.82) is 0 Å². The van der Waals surface area contributed by atoms with E-state index in [4.69, 9.17) is 4.74 Å². The molecule has 0 spiro atoms. The number of nitrogens with one attached hydrogen (secondary N) is 2. The second-order valence-electron chi connectivity index (χ2n) is 5.02. The maximum absolute atomic E-state index is 11.9. The average Bonchev–Trinajstić information content (AvgIpc) is 2.61. The molecule has 2 aromatic rings. The maximum atomic E-state index is 11.9. The lowest BCUT2D eigenvalue weighted by Crippen LogP contribution is -2.40.